The molecule has 0 saturated heterocycles. The standard InChI is InChI=1S/C19H31N3O2/c1-7-21(8-2)16-13-11-15(12-14-16)20-17(23)19(5,6)18(24)22(9-3)10-4/h11-14H,7-10H2,1-6H3,(H,20,23). The van der Waals surface area contributed by atoms with E-state index in [1.165, 1.54) is 0 Å². The smallest absolute Gasteiger partial charge is 0.239 e. The molecule has 1 aromatic carbocycles. The Kier molecular flexibility index (Phi) is 7.26. The highest BCUT2D eigenvalue weighted by atomic mass is 16.2. The third-order valence-electron chi connectivity index (χ3n) is 4.41. The van der Waals surface area contributed by atoms with E-state index in [4.69, 9.17) is 0 Å². The number of hydrogen-bond acceptors (Lipinski definition) is 3. The number of carbonyl (C=O) groups excluding carboxylic acids is 2. The van der Waals surface area contributed by atoms with Crippen molar-refractivity contribution in [2.45, 2.75) is 41.5 Å². The van der Waals surface area contributed by atoms with E-state index in [-0.39, 0.29) is 11.8 Å². The Bertz CT molecular complexity index is 544. The Morgan fingerprint density at radius 3 is 1.83 bits per heavy atom. The Hall–Kier alpha value is -2.04. The maximum atomic E-state index is 12.6. The summed E-state index contributed by atoms with van der Waals surface area (Å²) in [7, 11) is 0. The summed E-state index contributed by atoms with van der Waals surface area (Å²) in [6.45, 7) is 14.5. The molecule has 5 heteroatoms. The summed E-state index contributed by atoms with van der Waals surface area (Å²) in [6.07, 6.45) is 0. The molecular formula is C19H31N3O2. The van der Waals surface area contributed by atoms with Crippen molar-refractivity contribution >= 4 is 23.2 Å². The largest absolute Gasteiger partial charge is 0.372 e. The molecule has 0 bridgehead atoms. The van der Waals surface area contributed by atoms with Gasteiger partial charge in [0.15, 0.2) is 0 Å². The van der Waals surface area contributed by atoms with Gasteiger partial charge in [0.25, 0.3) is 0 Å². The van der Waals surface area contributed by atoms with Crippen LogP contribution in [-0.4, -0.2) is 42.9 Å². The summed E-state index contributed by atoms with van der Waals surface area (Å²) in [6, 6.07) is 7.73. The summed E-state index contributed by atoms with van der Waals surface area (Å²) in [5.74, 6) is -0.431. The van der Waals surface area contributed by atoms with E-state index >= 15 is 0 Å². The van der Waals surface area contributed by atoms with Crippen LogP contribution >= 0.6 is 0 Å². The first-order chi connectivity index (χ1) is 11.3. The van der Waals surface area contributed by atoms with Crippen LogP contribution in [0.15, 0.2) is 24.3 Å². The lowest BCUT2D eigenvalue weighted by atomic mass is 9.90. The zero-order chi connectivity index (χ0) is 18.3. The van der Waals surface area contributed by atoms with Gasteiger partial charge in [-0.3, -0.25) is 9.59 Å². The molecule has 1 rings (SSSR count). The molecule has 24 heavy (non-hydrogen) atoms. The zero-order valence-corrected chi connectivity index (χ0v) is 15.8. The number of rotatable bonds is 8. The Labute approximate surface area is 146 Å². The van der Waals surface area contributed by atoms with Crippen LogP contribution in [0.1, 0.15) is 41.5 Å². The fourth-order valence-corrected chi connectivity index (χ4v) is 2.63. The molecule has 0 heterocycles. The lowest BCUT2D eigenvalue weighted by molar-refractivity contribution is -0.146. The van der Waals surface area contributed by atoms with Crippen molar-refractivity contribution in [2.24, 2.45) is 5.41 Å². The summed E-state index contributed by atoms with van der Waals surface area (Å²) < 4.78 is 0. The number of amides is 2. The SMILES string of the molecule is CCN(CC)C(=O)C(C)(C)C(=O)Nc1ccc(N(CC)CC)cc1. The van der Waals surface area contributed by atoms with E-state index in [1.807, 2.05) is 38.1 Å². The highest BCUT2D eigenvalue weighted by Crippen LogP contribution is 2.23. The summed E-state index contributed by atoms with van der Waals surface area (Å²) in [5.41, 5.74) is 0.733. The predicted octanol–water partition coefficient (Wildman–Crippen LogP) is 3.37. The minimum atomic E-state index is -1.09. The number of nitrogens with zero attached hydrogens (tertiary/aromatic N) is 2. The molecule has 0 radical (unpaired) electrons. The molecule has 0 fully saturated rings. The lowest BCUT2D eigenvalue weighted by Crippen LogP contribution is -2.47. The van der Waals surface area contributed by atoms with Crippen LogP contribution in [0.25, 0.3) is 0 Å². The van der Waals surface area contributed by atoms with Gasteiger partial charge < -0.3 is 15.1 Å². The van der Waals surface area contributed by atoms with Gasteiger partial charge in [-0.25, -0.2) is 0 Å². The van der Waals surface area contributed by atoms with E-state index in [9.17, 15) is 9.59 Å². The lowest BCUT2D eigenvalue weighted by Gasteiger charge is -2.29. The Balaban J connectivity index is 2.84. The number of carbonyl (C=O) groups is 2. The van der Waals surface area contributed by atoms with Crippen LogP contribution < -0.4 is 10.2 Å². The maximum Gasteiger partial charge on any atom is 0.239 e. The van der Waals surface area contributed by atoms with Gasteiger partial charge in [0.05, 0.1) is 0 Å². The van der Waals surface area contributed by atoms with Gasteiger partial charge in [0.2, 0.25) is 11.8 Å². The van der Waals surface area contributed by atoms with Gasteiger partial charge in [-0.15, -0.1) is 0 Å². The van der Waals surface area contributed by atoms with E-state index in [0.717, 1.165) is 18.8 Å². The van der Waals surface area contributed by atoms with Crippen molar-refractivity contribution < 1.29 is 9.59 Å². The van der Waals surface area contributed by atoms with Gasteiger partial charge in [0.1, 0.15) is 5.41 Å². The van der Waals surface area contributed by atoms with Gasteiger partial charge >= 0.3 is 0 Å². The van der Waals surface area contributed by atoms with Crippen LogP contribution in [0, 0.1) is 5.41 Å². The number of anilines is 2. The van der Waals surface area contributed by atoms with Gasteiger partial charge in [-0.05, 0) is 65.8 Å². The van der Waals surface area contributed by atoms with Crippen LogP contribution in [0.2, 0.25) is 0 Å². The van der Waals surface area contributed by atoms with E-state index in [1.54, 1.807) is 18.7 Å². The fourth-order valence-electron chi connectivity index (χ4n) is 2.63. The van der Waals surface area contributed by atoms with Crippen molar-refractivity contribution in [3.8, 4) is 0 Å². The molecule has 0 aliphatic carbocycles. The average molecular weight is 333 g/mol. The molecule has 134 valence electrons. The summed E-state index contributed by atoms with van der Waals surface area (Å²) in [5, 5.41) is 2.86. The van der Waals surface area contributed by atoms with Crippen molar-refractivity contribution in [1.29, 1.82) is 0 Å². The first kappa shape index (κ1) is 20.0. The zero-order valence-electron chi connectivity index (χ0n) is 15.8. The van der Waals surface area contributed by atoms with Crippen LogP contribution in [0.3, 0.4) is 0 Å². The van der Waals surface area contributed by atoms with Crippen molar-refractivity contribution in [1.82, 2.24) is 4.90 Å². The number of hydrogen-bond donors (Lipinski definition) is 1. The quantitative estimate of drug-likeness (QED) is 0.742. The first-order valence-electron chi connectivity index (χ1n) is 8.77. The number of benzene rings is 1. The van der Waals surface area contributed by atoms with Crippen molar-refractivity contribution in [3.05, 3.63) is 24.3 Å². The Morgan fingerprint density at radius 2 is 1.42 bits per heavy atom. The molecule has 0 aromatic heterocycles. The summed E-state index contributed by atoms with van der Waals surface area (Å²) >= 11 is 0. The molecule has 1 N–H and O–H groups in total. The molecule has 2 amide bonds. The topological polar surface area (TPSA) is 52.7 Å². The van der Waals surface area contributed by atoms with E-state index < -0.39 is 5.41 Å². The normalized spacial score (nSPS) is 11.1. The van der Waals surface area contributed by atoms with Crippen molar-refractivity contribution in [2.75, 3.05) is 36.4 Å². The minimum absolute atomic E-state index is 0.148. The molecule has 0 aliphatic heterocycles. The molecule has 0 unspecified atom stereocenters. The second kappa shape index (κ2) is 8.71. The molecule has 0 spiro atoms. The van der Waals surface area contributed by atoms with E-state index in [2.05, 4.69) is 24.1 Å². The molecule has 5 nitrogen and oxygen atoms in total. The maximum absolute atomic E-state index is 12.6. The highest BCUT2D eigenvalue weighted by molar-refractivity contribution is 6.09. The second-order valence-electron chi connectivity index (χ2n) is 6.28. The van der Waals surface area contributed by atoms with Gasteiger partial charge in [-0.2, -0.15) is 0 Å². The number of nitrogens with one attached hydrogen (secondary N) is 1. The minimum Gasteiger partial charge on any atom is -0.372 e. The van der Waals surface area contributed by atoms with Crippen LogP contribution in [-0.2, 0) is 9.59 Å². The third kappa shape index (κ3) is 4.49. The third-order valence-corrected chi connectivity index (χ3v) is 4.41. The molecule has 0 saturated carbocycles. The predicted molar refractivity (Wildman–Crippen MR) is 100 cm³/mol. The van der Waals surface area contributed by atoms with Crippen molar-refractivity contribution in [3.63, 3.8) is 0 Å². The molecular weight excluding hydrogens is 302 g/mol. The van der Waals surface area contributed by atoms with Gasteiger partial charge in [-0.1, -0.05) is 0 Å². The van der Waals surface area contributed by atoms with Gasteiger partial charge in [0, 0.05) is 37.6 Å². The summed E-state index contributed by atoms with van der Waals surface area (Å²) in [4.78, 5) is 29.0. The van der Waals surface area contributed by atoms with Crippen LogP contribution in [0.4, 0.5) is 11.4 Å². The van der Waals surface area contributed by atoms with Crippen LogP contribution in [0.5, 0.6) is 0 Å². The average Bonchev–Trinajstić information content (AvgIpc) is 2.58. The second-order valence-corrected chi connectivity index (χ2v) is 6.28. The molecule has 0 atom stereocenters. The van der Waals surface area contributed by atoms with E-state index in [0.29, 0.717) is 18.8 Å². The first-order valence-corrected chi connectivity index (χ1v) is 8.77. The fraction of sp³-hybridized carbons (Fsp3) is 0.579. The monoisotopic (exact) mass is 333 g/mol. The highest BCUT2D eigenvalue weighted by Gasteiger charge is 2.38. The molecule has 1 aromatic rings. The Morgan fingerprint density at radius 1 is 0.917 bits per heavy atom. The molecule has 0 aliphatic rings.